The molecule has 2 atom stereocenters. The number of rotatable bonds is 6. The molecule has 5 nitrogen and oxygen atoms in total. The topological polar surface area (TPSA) is 81.4 Å². The number of amides is 1. The summed E-state index contributed by atoms with van der Waals surface area (Å²) in [4.78, 5) is 12.0. The third kappa shape index (κ3) is 4.90. The second kappa shape index (κ2) is 7.13. The molecule has 0 saturated carbocycles. The van der Waals surface area contributed by atoms with E-state index in [1.54, 1.807) is 24.5 Å². The molecule has 3 N–H and O–H groups in total. The molecule has 0 heterocycles. The molecule has 0 aliphatic carbocycles. The van der Waals surface area contributed by atoms with Crippen molar-refractivity contribution in [2.45, 2.75) is 19.1 Å². The Hall–Kier alpha value is -1.56. The average molecular weight is 284 g/mol. The van der Waals surface area contributed by atoms with Crippen LogP contribution in [0.5, 0.6) is 5.75 Å². The van der Waals surface area contributed by atoms with E-state index >= 15 is 0 Å². The molecule has 0 bridgehead atoms. The largest absolute Gasteiger partial charge is 0.494 e. The first-order chi connectivity index (χ1) is 8.93. The van der Waals surface area contributed by atoms with E-state index in [1.165, 1.54) is 0 Å². The van der Waals surface area contributed by atoms with E-state index in [0.29, 0.717) is 30.2 Å². The minimum Gasteiger partial charge on any atom is -0.494 e. The Morgan fingerprint density at radius 1 is 1.47 bits per heavy atom. The van der Waals surface area contributed by atoms with Crippen molar-refractivity contribution in [2.24, 2.45) is 0 Å². The molecular weight excluding hydrogens is 264 g/mol. The molecule has 6 heteroatoms. The quantitative estimate of drug-likeness (QED) is 0.768. The van der Waals surface area contributed by atoms with Gasteiger partial charge in [-0.25, -0.2) is 0 Å². The summed E-state index contributed by atoms with van der Waals surface area (Å²) in [5, 5.41) is 2.65. The summed E-state index contributed by atoms with van der Waals surface area (Å²) in [5.74, 6) is 0.324. The Bertz CT molecular complexity index is 477. The predicted molar refractivity (Wildman–Crippen MR) is 77.9 cm³/mol. The number of carbonyl (C=O) groups excluding carboxylic acids is 1. The maximum Gasteiger partial charge on any atom is 0.251 e. The summed E-state index contributed by atoms with van der Waals surface area (Å²) in [6.07, 6.45) is 1.62. The van der Waals surface area contributed by atoms with Gasteiger partial charge in [-0.2, -0.15) is 0 Å². The third-order valence-electron chi connectivity index (χ3n) is 2.62. The van der Waals surface area contributed by atoms with E-state index in [1.807, 2.05) is 13.8 Å². The zero-order valence-corrected chi connectivity index (χ0v) is 12.3. The Kier molecular flexibility index (Phi) is 5.82. The van der Waals surface area contributed by atoms with Gasteiger partial charge in [0.15, 0.2) is 0 Å². The van der Waals surface area contributed by atoms with Crippen LogP contribution in [-0.4, -0.2) is 34.8 Å². The van der Waals surface area contributed by atoms with Crippen LogP contribution in [0.15, 0.2) is 18.2 Å². The molecule has 1 aromatic rings. The molecule has 1 rings (SSSR count). The summed E-state index contributed by atoms with van der Waals surface area (Å²) < 4.78 is 16.5. The first-order valence-electron chi connectivity index (χ1n) is 6.07. The zero-order valence-electron chi connectivity index (χ0n) is 11.4. The number of hydrogen-bond donors (Lipinski definition) is 2. The Labute approximate surface area is 116 Å². The van der Waals surface area contributed by atoms with E-state index in [-0.39, 0.29) is 11.2 Å². The smallest absolute Gasteiger partial charge is 0.251 e. The highest BCUT2D eigenvalue weighted by Crippen LogP contribution is 2.18. The van der Waals surface area contributed by atoms with Crippen molar-refractivity contribution >= 4 is 22.4 Å². The van der Waals surface area contributed by atoms with Gasteiger partial charge in [-0.15, -0.1) is 0 Å². The Balaban J connectivity index is 2.73. The third-order valence-corrected chi connectivity index (χ3v) is 3.92. The summed E-state index contributed by atoms with van der Waals surface area (Å²) in [6.45, 7) is 4.56. The Morgan fingerprint density at radius 2 is 2.16 bits per heavy atom. The van der Waals surface area contributed by atoms with Crippen LogP contribution in [0.2, 0.25) is 0 Å². The average Bonchev–Trinajstić information content (AvgIpc) is 2.35. The van der Waals surface area contributed by atoms with Gasteiger partial charge in [0.1, 0.15) is 5.75 Å². The summed E-state index contributed by atoms with van der Waals surface area (Å²) in [6, 6.07) is 4.90. The zero-order chi connectivity index (χ0) is 14.4. The number of anilines is 1. The fraction of sp³-hybridized carbons (Fsp3) is 0.462. The normalized spacial score (nSPS) is 13.6. The van der Waals surface area contributed by atoms with E-state index < -0.39 is 10.8 Å². The van der Waals surface area contributed by atoms with Crippen LogP contribution in [0, 0.1) is 0 Å². The lowest BCUT2D eigenvalue weighted by atomic mass is 10.1. The lowest BCUT2D eigenvalue weighted by Gasteiger charge is -2.11. The van der Waals surface area contributed by atoms with Crippen LogP contribution in [0.4, 0.5) is 5.69 Å². The molecule has 0 aliphatic heterocycles. The first kappa shape index (κ1) is 15.5. The maximum atomic E-state index is 12.0. The highest BCUT2D eigenvalue weighted by Gasteiger charge is 2.11. The molecule has 0 radical (unpaired) electrons. The molecule has 2 unspecified atom stereocenters. The SMILES string of the molecule is CCOc1cc(N)cc(C(=O)NCC(C)S(C)=O)c1. The Morgan fingerprint density at radius 3 is 2.74 bits per heavy atom. The number of benzene rings is 1. The van der Waals surface area contributed by atoms with Gasteiger partial charge in [0.05, 0.1) is 6.61 Å². The van der Waals surface area contributed by atoms with Crippen LogP contribution in [0.1, 0.15) is 24.2 Å². The van der Waals surface area contributed by atoms with Crippen LogP contribution in [0.3, 0.4) is 0 Å². The van der Waals surface area contributed by atoms with Gasteiger partial charge in [0.2, 0.25) is 0 Å². The van der Waals surface area contributed by atoms with E-state index in [0.717, 1.165) is 0 Å². The summed E-state index contributed by atoms with van der Waals surface area (Å²) in [5.41, 5.74) is 6.64. The number of nitrogens with two attached hydrogens (primary N) is 1. The van der Waals surface area contributed by atoms with Gasteiger partial charge in [0.25, 0.3) is 5.91 Å². The van der Waals surface area contributed by atoms with Crippen molar-refractivity contribution in [1.82, 2.24) is 5.32 Å². The van der Waals surface area contributed by atoms with Crippen LogP contribution in [-0.2, 0) is 10.8 Å². The monoisotopic (exact) mass is 284 g/mol. The molecule has 0 fully saturated rings. The van der Waals surface area contributed by atoms with Gasteiger partial charge in [-0.05, 0) is 26.0 Å². The highest BCUT2D eigenvalue weighted by atomic mass is 32.2. The van der Waals surface area contributed by atoms with Crippen molar-refractivity contribution in [3.63, 3.8) is 0 Å². The van der Waals surface area contributed by atoms with Crippen molar-refractivity contribution in [2.75, 3.05) is 25.1 Å². The fourth-order valence-electron chi connectivity index (χ4n) is 1.46. The number of carbonyl (C=O) groups is 1. The molecule has 0 aliphatic rings. The van der Waals surface area contributed by atoms with E-state index in [2.05, 4.69) is 5.32 Å². The van der Waals surface area contributed by atoms with E-state index in [4.69, 9.17) is 10.5 Å². The summed E-state index contributed by atoms with van der Waals surface area (Å²) >= 11 is 0. The van der Waals surface area contributed by atoms with Crippen molar-refractivity contribution in [1.29, 1.82) is 0 Å². The lowest BCUT2D eigenvalue weighted by molar-refractivity contribution is 0.0953. The molecule has 1 amide bonds. The molecule has 1 aromatic carbocycles. The second-order valence-electron chi connectivity index (χ2n) is 4.24. The van der Waals surface area contributed by atoms with Crippen LogP contribution < -0.4 is 15.8 Å². The predicted octanol–water partition coefficient (Wildman–Crippen LogP) is 1.16. The fourth-order valence-corrected chi connectivity index (χ4v) is 1.78. The van der Waals surface area contributed by atoms with Crippen molar-refractivity contribution in [3.8, 4) is 5.75 Å². The van der Waals surface area contributed by atoms with Gasteiger partial charge in [-0.3, -0.25) is 9.00 Å². The minimum absolute atomic E-state index is 0.0867. The molecule has 19 heavy (non-hydrogen) atoms. The molecule has 0 spiro atoms. The molecule has 106 valence electrons. The minimum atomic E-state index is -0.959. The van der Waals surface area contributed by atoms with Crippen LogP contribution >= 0.6 is 0 Å². The van der Waals surface area contributed by atoms with Crippen LogP contribution in [0.25, 0.3) is 0 Å². The number of nitrogens with one attached hydrogen (secondary N) is 1. The summed E-state index contributed by atoms with van der Waals surface area (Å²) in [7, 11) is -0.959. The van der Waals surface area contributed by atoms with Crippen molar-refractivity contribution < 1.29 is 13.7 Å². The van der Waals surface area contributed by atoms with Gasteiger partial charge < -0.3 is 15.8 Å². The number of nitrogen functional groups attached to an aromatic ring is 1. The van der Waals surface area contributed by atoms with Crippen molar-refractivity contribution in [3.05, 3.63) is 23.8 Å². The lowest BCUT2D eigenvalue weighted by Crippen LogP contribution is -2.32. The standard InChI is InChI=1S/C13H20N2O3S/c1-4-18-12-6-10(5-11(14)7-12)13(16)15-8-9(2)19(3)17/h5-7,9H,4,8,14H2,1-3H3,(H,15,16). The van der Waals surface area contributed by atoms with E-state index in [9.17, 15) is 9.00 Å². The first-order valence-corrected chi connectivity index (χ1v) is 7.70. The molecule has 0 saturated heterocycles. The molecule has 0 aromatic heterocycles. The second-order valence-corrected chi connectivity index (χ2v) is 6.04. The highest BCUT2D eigenvalue weighted by molar-refractivity contribution is 7.84. The number of hydrogen-bond acceptors (Lipinski definition) is 4. The number of ether oxygens (including phenoxy) is 1. The molecular formula is C13H20N2O3S. The van der Waals surface area contributed by atoms with Gasteiger partial charge >= 0.3 is 0 Å². The van der Waals surface area contributed by atoms with Gasteiger partial charge in [0, 0.05) is 46.2 Å². The maximum absolute atomic E-state index is 12.0. The van der Waals surface area contributed by atoms with Gasteiger partial charge in [-0.1, -0.05) is 0 Å².